The highest BCUT2D eigenvalue weighted by molar-refractivity contribution is 8.15. The fourth-order valence-electron chi connectivity index (χ4n) is 2.27. The van der Waals surface area contributed by atoms with Gasteiger partial charge in [0.2, 0.25) is 11.8 Å². The molecule has 2 amide bonds. The number of rotatable bonds is 7. The Hall–Kier alpha value is -2.65. The number of amidine groups is 1. The van der Waals surface area contributed by atoms with Crippen LogP contribution in [0.15, 0.2) is 52.0 Å². The number of ether oxygens (including phenoxy) is 1. The lowest BCUT2D eigenvalue weighted by molar-refractivity contribution is -0.122. The van der Waals surface area contributed by atoms with E-state index in [1.807, 2.05) is 24.4 Å². The molecule has 2 N–H and O–H groups in total. The van der Waals surface area contributed by atoms with Crippen molar-refractivity contribution in [2.45, 2.75) is 18.6 Å². The van der Waals surface area contributed by atoms with Crippen molar-refractivity contribution in [2.24, 2.45) is 10.2 Å². The summed E-state index contributed by atoms with van der Waals surface area (Å²) in [6.07, 6.45) is 1.67. The van der Waals surface area contributed by atoms with Gasteiger partial charge in [-0.25, -0.2) is 0 Å². The Kier molecular flexibility index (Phi) is 6.61. The van der Waals surface area contributed by atoms with Gasteiger partial charge in [0.1, 0.15) is 11.0 Å². The molecule has 0 aliphatic carbocycles. The molecular formula is C18H18N4O3S2. The van der Waals surface area contributed by atoms with Crippen LogP contribution >= 0.6 is 23.1 Å². The lowest BCUT2D eigenvalue weighted by Crippen LogP contribution is -2.28. The molecule has 1 saturated heterocycles. The first-order valence-electron chi connectivity index (χ1n) is 8.29. The first kappa shape index (κ1) is 19.1. The predicted molar refractivity (Wildman–Crippen MR) is 110 cm³/mol. The first-order valence-corrected chi connectivity index (χ1v) is 10.0. The number of hydrogen-bond acceptors (Lipinski definition) is 7. The Balaban J connectivity index is 1.51. The Labute approximate surface area is 164 Å². The molecular weight excluding hydrogens is 384 g/mol. The van der Waals surface area contributed by atoms with Gasteiger partial charge >= 0.3 is 0 Å². The van der Waals surface area contributed by atoms with Crippen molar-refractivity contribution in [1.82, 2.24) is 5.32 Å². The van der Waals surface area contributed by atoms with Gasteiger partial charge < -0.3 is 15.4 Å². The van der Waals surface area contributed by atoms with Crippen LogP contribution < -0.4 is 15.4 Å². The molecule has 140 valence electrons. The highest BCUT2D eigenvalue weighted by atomic mass is 32.2. The van der Waals surface area contributed by atoms with Gasteiger partial charge in [-0.15, -0.1) is 16.4 Å². The van der Waals surface area contributed by atoms with Crippen LogP contribution in [0.5, 0.6) is 5.75 Å². The summed E-state index contributed by atoms with van der Waals surface area (Å²) in [6, 6.07) is 10.9. The summed E-state index contributed by atoms with van der Waals surface area (Å²) in [5.74, 6) is 0.257. The van der Waals surface area contributed by atoms with Crippen molar-refractivity contribution in [3.63, 3.8) is 0 Å². The monoisotopic (exact) mass is 402 g/mol. The third-order valence-corrected chi connectivity index (χ3v) is 5.35. The van der Waals surface area contributed by atoms with Crippen LogP contribution in [0.3, 0.4) is 0 Å². The zero-order valence-corrected chi connectivity index (χ0v) is 16.2. The number of thiophene rings is 1. The van der Waals surface area contributed by atoms with E-state index < -0.39 is 5.25 Å². The summed E-state index contributed by atoms with van der Waals surface area (Å²) in [5.41, 5.74) is 0.654. The number of thioether (sulfide) groups is 1. The van der Waals surface area contributed by atoms with E-state index in [4.69, 9.17) is 4.74 Å². The maximum atomic E-state index is 12.2. The SMILES string of the molecule is CCOc1ccc(NC(=O)C[C@@H]2S/C(=N/N=C\c3cccs3)NC2=O)cc1. The molecule has 2 heterocycles. The predicted octanol–water partition coefficient (Wildman–Crippen LogP) is 3.10. The summed E-state index contributed by atoms with van der Waals surface area (Å²) < 4.78 is 5.36. The van der Waals surface area contributed by atoms with Crippen molar-refractivity contribution in [3.05, 3.63) is 46.7 Å². The van der Waals surface area contributed by atoms with E-state index in [-0.39, 0.29) is 18.2 Å². The summed E-state index contributed by atoms with van der Waals surface area (Å²) in [6.45, 7) is 2.49. The summed E-state index contributed by atoms with van der Waals surface area (Å²) in [4.78, 5) is 25.2. The van der Waals surface area contributed by atoms with Crippen LogP contribution in [0.2, 0.25) is 0 Å². The third kappa shape index (κ3) is 5.66. The van der Waals surface area contributed by atoms with Gasteiger partial charge in [0.15, 0.2) is 5.17 Å². The fraction of sp³-hybridized carbons (Fsp3) is 0.222. The smallest absolute Gasteiger partial charge is 0.240 e. The van der Waals surface area contributed by atoms with Gasteiger partial charge in [-0.3, -0.25) is 9.59 Å². The molecule has 1 aromatic carbocycles. The van der Waals surface area contributed by atoms with E-state index in [1.54, 1.807) is 41.8 Å². The van der Waals surface area contributed by atoms with Crippen molar-refractivity contribution >= 4 is 52.0 Å². The summed E-state index contributed by atoms with van der Waals surface area (Å²) in [7, 11) is 0. The third-order valence-electron chi connectivity index (χ3n) is 3.47. The molecule has 1 aromatic heterocycles. The van der Waals surface area contributed by atoms with E-state index >= 15 is 0 Å². The van der Waals surface area contributed by atoms with Crippen LogP contribution in [0, 0.1) is 0 Å². The van der Waals surface area contributed by atoms with Crippen LogP contribution in [0.1, 0.15) is 18.2 Å². The average Bonchev–Trinajstić information content (AvgIpc) is 3.27. The largest absolute Gasteiger partial charge is 0.494 e. The van der Waals surface area contributed by atoms with E-state index in [2.05, 4.69) is 20.8 Å². The molecule has 27 heavy (non-hydrogen) atoms. The second-order valence-electron chi connectivity index (χ2n) is 5.47. The topological polar surface area (TPSA) is 92.2 Å². The van der Waals surface area contributed by atoms with E-state index in [1.165, 1.54) is 11.8 Å². The maximum Gasteiger partial charge on any atom is 0.240 e. The van der Waals surface area contributed by atoms with E-state index in [0.717, 1.165) is 10.6 Å². The second kappa shape index (κ2) is 9.33. The molecule has 9 heteroatoms. The highest BCUT2D eigenvalue weighted by Gasteiger charge is 2.32. The number of anilines is 1. The number of nitrogens with zero attached hydrogens (tertiary/aromatic N) is 2. The van der Waals surface area contributed by atoms with Gasteiger partial charge in [-0.05, 0) is 42.6 Å². The molecule has 3 rings (SSSR count). The molecule has 0 radical (unpaired) electrons. The lowest BCUT2D eigenvalue weighted by Gasteiger charge is -2.08. The molecule has 7 nitrogen and oxygen atoms in total. The van der Waals surface area contributed by atoms with Crippen LogP contribution in [-0.4, -0.2) is 35.1 Å². The molecule has 2 aromatic rings. The molecule has 0 unspecified atom stereocenters. The van der Waals surface area contributed by atoms with E-state index in [9.17, 15) is 9.59 Å². The van der Waals surface area contributed by atoms with Crippen molar-refractivity contribution < 1.29 is 14.3 Å². The summed E-state index contributed by atoms with van der Waals surface area (Å²) in [5, 5.41) is 15.2. The quantitative estimate of drug-likeness (QED) is 0.550. The number of carbonyl (C=O) groups is 2. The van der Waals surface area contributed by atoms with Gasteiger partial charge in [-0.1, -0.05) is 17.8 Å². The molecule has 1 aliphatic heterocycles. The number of nitrogens with one attached hydrogen (secondary N) is 2. The van der Waals surface area contributed by atoms with Gasteiger partial charge in [0.25, 0.3) is 0 Å². The number of hydrogen-bond donors (Lipinski definition) is 2. The normalized spacial score (nSPS) is 18.0. The Morgan fingerprint density at radius 3 is 2.85 bits per heavy atom. The van der Waals surface area contributed by atoms with Gasteiger partial charge in [0, 0.05) is 17.0 Å². The van der Waals surface area contributed by atoms with Crippen LogP contribution in [0.25, 0.3) is 0 Å². The van der Waals surface area contributed by atoms with E-state index in [0.29, 0.717) is 17.5 Å². The Bertz CT molecular complexity index is 848. The minimum atomic E-state index is -0.525. The van der Waals surface area contributed by atoms with Crippen molar-refractivity contribution in [3.8, 4) is 5.75 Å². The van der Waals surface area contributed by atoms with Gasteiger partial charge in [0.05, 0.1) is 12.8 Å². The number of amides is 2. The van der Waals surface area contributed by atoms with Crippen LogP contribution in [0.4, 0.5) is 5.69 Å². The molecule has 0 bridgehead atoms. The minimum Gasteiger partial charge on any atom is -0.494 e. The fourth-order valence-corrected chi connectivity index (χ4v) is 3.77. The standard InChI is InChI=1S/C18H18N4O3S2/c1-2-25-13-7-5-12(6-8-13)20-16(23)10-15-17(24)21-18(27-15)22-19-11-14-4-3-9-26-14/h3-9,11,15H,2,10H2,1H3,(H,20,23)(H,21,22,24)/b19-11-/t15-/m0/s1. The molecule has 1 fully saturated rings. The van der Waals surface area contributed by atoms with Crippen molar-refractivity contribution in [2.75, 3.05) is 11.9 Å². The molecule has 0 spiro atoms. The van der Waals surface area contributed by atoms with Crippen molar-refractivity contribution in [1.29, 1.82) is 0 Å². The average molecular weight is 403 g/mol. The zero-order chi connectivity index (χ0) is 19.1. The second-order valence-corrected chi connectivity index (χ2v) is 7.64. The summed E-state index contributed by atoms with van der Waals surface area (Å²) >= 11 is 2.75. The Morgan fingerprint density at radius 2 is 2.15 bits per heavy atom. The van der Waals surface area contributed by atoms with Gasteiger partial charge in [-0.2, -0.15) is 5.10 Å². The first-order chi connectivity index (χ1) is 13.1. The molecule has 0 saturated carbocycles. The highest BCUT2D eigenvalue weighted by Crippen LogP contribution is 2.23. The molecule has 1 aliphatic rings. The van der Waals surface area contributed by atoms with Crippen LogP contribution in [-0.2, 0) is 9.59 Å². The maximum absolute atomic E-state index is 12.2. The molecule has 1 atom stereocenters. The number of carbonyl (C=O) groups excluding carboxylic acids is 2. The minimum absolute atomic E-state index is 0.0529. The zero-order valence-electron chi connectivity index (χ0n) is 14.5. The Morgan fingerprint density at radius 1 is 1.33 bits per heavy atom. The lowest BCUT2D eigenvalue weighted by atomic mass is 10.2. The number of benzene rings is 1.